The van der Waals surface area contributed by atoms with E-state index in [2.05, 4.69) is 9.62 Å². The first-order chi connectivity index (χ1) is 9.30. The lowest BCUT2D eigenvalue weighted by Crippen LogP contribution is -2.41. The summed E-state index contributed by atoms with van der Waals surface area (Å²) in [6, 6.07) is 4.12. The Balaban J connectivity index is 2.81. The Labute approximate surface area is 126 Å². The molecule has 0 aromatic heterocycles. The molecule has 1 aromatic carbocycles. The van der Waals surface area contributed by atoms with E-state index in [1.807, 2.05) is 20.8 Å². The van der Waals surface area contributed by atoms with Gasteiger partial charge in [0, 0.05) is 12.6 Å². The number of nitrogens with one attached hydrogen (secondary N) is 1. The van der Waals surface area contributed by atoms with Crippen molar-refractivity contribution in [2.45, 2.75) is 31.7 Å². The molecule has 0 saturated heterocycles. The molecule has 0 fully saturated rings. The van der Waals surface area contributed by atoms with Crippen LogP contribution in [0, 0.1) is 0 Å². The zero-order valence-electron chi connectivity index (χ0n) is 12.1. The number of hydrogen-bond donors (Lipinski definition) is 2. The van der Waals surface area contributed by atoms with Gasteiger partial charge in [-0.3, -0.25) is 0 Å². The van der Waals surface area contributed by atoms with Crippen LogP contribution in [0.1, 0.15) is 20.8 Å². The standard InChI is InChI=1S/C13H22ClN3O2S/c1-4-17(5-2)9-10(3)16-20(18,19)11-6-7-13(15)12(14)8-11/h6-8,10,16H,4-5,9,15H2,1-3H3. The lowest BCUT2D eigenvalue weighted by atomic mass is 10.3. The van der Waals surface area contributed by atoms with Crippen molar-refractivity contribution in [2.75, 3.05) is 25.4 Å². The first kappa shape index (κ1) is 17.2. The predicted molar refractivity (Wildman–Crippen MR) is 83.4 cm³/mol. The number of hydrogen-bond acceptors (Lipinski definition) is 4. The summed E-state index contributed by atoms with van der Waals surface area (Å²) >= 11 is 5.86. The van der Waals surface area contributed by atoms with Crippen LogP contribution < -0.4 is 10.5 Å². The molecular weight excluding hydrogens is 298 g/mol. The van der Waals surface area contributed by atoms with Gasteiger partial charge in [0.1, 0.15) is 0 Å². The molecule has 114 valence electrons. The van der Waals surface area contributed by atoms with Gasteiger partial charge in [0.05, 0.1) is 15.6 Å². The summed E-state index contributed by atoms with van der Waals surface area (Å²) in [6.07, 6.45) is 0. The molecule has 0 amide bonds. The fourth-order valence-electron chi connectivity index (χ4n) is 1.91. The largest absolute Gasteiger partial charge is 0.398 e. The average Bonchev–Trinajstić information content (AvgIpc) is 2.38. The molecule has 5 nitrogen and oxygen atoms in total. The molecule has 7 heteroatoms. The second-order valence-electron chi connectivity index (χ2n) is 4.69. The normalized spacial score (nSPS) is 13.7. The summed E-state index contributed by atoms with van der Waals surface area (Å²) in [5, 5.41) is 0.240. The maximum atomic E-state index is 12.2. The average molecular weight is 320 g/mol. The van der Waals surface area contributed by atoms with Crippen molar-refractivity contribution < 1.29 is 8.42 Å². The Morgan fingerprint density at radius 2 is 1.95 bits per heavy atom. The van der Waals surface area contributed by atoms with Gasteiger partial charge in [-0.2, -0.15) is 0 Å². The molecule has 1 unspecified atom stereocenters. The molecule has 0 aliphatic rings. The highest BCUT2D eigenvalue weighted by molar-refractivity contribution is 7.89. The summed E-state index contributed by atoms with van der Waals surface area (Å²) in [5.41, 5.74) is 5.94. The Morgan fingerprint density at radius 3 is 2.45 bits per heavy atom. The van der Waals surface area contributed by atoms with Gasteiger partial charge in [-0.05, 0) is 38.2 Å². The van der Waals surface area contributed by atoms with Crippen LogP contribution >= 0.6 is 11.6 Å². The quantitative estimate of drug-likeness (QED) is 0.753. The molecule has 3 N–H and O–H groups in total. The number of sulfonamides is 1. The van der Waals surface area contributed by atoms with E-state index in [1.165, 1.54) is 18.2 Å². The van der Waals surface area contributed by atoms with Gasteiger partial charge in [0.25, 0.3) is 0 Å². The topological polar surface area (TPSA) is 75.4 Å². The highest BCUT2D eigenvalue weighted by atomic mass is 35.5. The third kappa shape index (κ3) is 4.63. The van der Waals surface area contributed by atoms with E-state index < -0.39 is 10.0 Å². The van der Waals surface area contributed by atoms with Gasteiger partial charge >= 0.3 is 0 Å². The summed E-state index contributed by atoms with van der Waals surface area (Å²) in [4.78, 5) is 2.28. The summed E-state index contributed by atoms with van der Waals surface area (Å²) in [5.74, 6) is 0. The van der Waals surface area contributed by atoms with Crippen LogP contribution in [0.5, 0.6) is 0 Å². The van der Waals surface area contributed by atoms with Crippen molar-refractivity contribution in [3.63, 3.8) is 0 Å². The molecule has 0 heterocycles. The number of nitrogens with zero attached hydrogens (tertiary/aromatic N) is 1. The zero-order chi connectivity index (χ0) is 15.3. The zero-order valence-corrected chi connectivity index (χ0v) is 13.6. The number of halogens is 1. The van der Waals surface area contributed by atoms with Crippen LogP contribution in [0.2, 0.25) is 5.02 Å². The summed E-state index contributed by atoms with van der Waals surface area (Å²) < 4.78 is 27.1. The van der Waals surface area contributed by atoms with Crippen molar-refractivity contribution in [3.8, 4) is 0 Å². The minimum atomic E-state index is -3.58. The van der Waals surface area contributed by atoms with Crippen molar-refractivity contribution in [1.29, 1.82) is 0 Å². The Hall–Kier alpha value is -0.820. The SMILES string of the molecule is CCN(CC)CC(C)NS(=O)(=O)c1ccc(N)c(Cl)c1. The number of likely N-dealkylation sites (N-methyl/N-ethyl adjacent to an activating group) is 1. The molecule has 0 aliphatic carbocycles. The summed E-state index contributed by atoms with van der Waals surface area (Å²) in [7, 11) is -3.58. The number of anilines is 1. The monoisotopic (exact) mass is 319 g/mol. The van der Waals surface area contributed by atoms with E-state index in [9.17, 15) is 8.42 Å². The van der Waals surface area contributed by atoms with E-state index in [0.717, 1.165) is 13.1 Å². The van der Waals surface area contributed by atoms with E-state index in [0.29, 0.717) is 12.2 Å². The van der Waals surface area contributed by atoms with Crippen molar-refractivity contribution in [1.82, 2.24) is 9.62 Å². The van der Waals surface area contributed by atoms with Crippen LogP contribution in [0.25, 0.3) is 0 Å². The predicted octanol–water partition coefficient (Wildman–Crippen LogP) is 1.93. The Kier molecular flexibility index (Phi) is 6.26. The lowest BCUT2D eigenvalue weighted by molar-refractivity contribution is 0.282. The highest BCUT2D eigenvalue weighted by Gasteiger charge is 2.19. The second kappa shape index (κ2) is 7.26. The van der Waals surface area contributed by atoms with Gasteiger partial charge in [-0.15, -0.1) is 0 Å². The molecule has 0 radical (unpaired) electrons. The molecule has 0 spiro atoms. The molecule has 0 bridgehead atoms. The first-order valence-electron chi connectivity index (χ1n) is 6.59. The number of rotatable bonds is 7. The highest BCUT2D eigenvalue weighted by Crippen LogP contribution is 2.22. The fraction of sp³-hybridized carbons (Fsp3) is 0.538. The molecule has 20 heavy (non-hydrogen) atoms. The second-order valence-corrected chi connectivity index (χ2v) is 6.81. The minimum absolute atomic E-state index is 0.128. The third-order valence-corrected chi connectivity index (χ3v) is 4.98. The molecule has 1 aromatic rings. The van der Waals surface area contributed by atoms with Gasteiger partial charge < -0.3 is 10.6 Å². The number of nitrogen functional groups attached to an aromatic ring is 1. The summed E-state index contributed by atoms with van der Waals surface area (Å²) in [6.45, 7) is 8.37. The van der Waals surface area contributed by atoms with Crippen LogP contribution in [-0.4, -0.2) is 39.0 Å². The van der Waals surface area contributed by atoms with Gasteiger partial charge in [0.2, 0.25) is 10.0 Å². The van der Waals surface area contributed by atoms with E-state index in [-0.39, 0.29) is 16.0 Å². The lowest BCUT2D eigenvalue weighted by Gasteiger charge is -2.23. The van der Waals surface area contributed by atoms with Crippen LogP contribution in [0.3, 0.4) is 0 Å². The maximum Gasteiger partial charge on any atom is 0.240 e. The first-order valence-corrected chi connectivity index (χ1v) is 8.46. The van der Waals surface area contributed by atoms with Crippen molar-refractivity contribution >= 4 is 27.3 Å². The third-order valence-electron chi connectivity index (χ3n) is 3.07. The minimum Gasteiger partial charge on any atom is -0.398 e. The van der Waals surface area contributed by atoms with Crippen LogP contribution in [0.15, 0.2) is 23.1 Å². The Morgan fingerprint density at radius 1 is 1.35 bits per heavy atom. The smallest absolute Gasteiger partial charge is 0.240 e. The molecular formula is C13H22ClN3O2S. The molecule has 0 saturated carbocycles. The molecule has 1 atom stereocenters. The van der Waals surface area contributed by atoms with Crippen LogP contribution in [-0.2, 0) is 10.0 Å². The Bertz CT molecular complexity index is 545. The van der Waals surface area contributed by atoms with E-state index in [1.54, 1.807) is 0 Å². The van der Waals surface area contributed by atoms with Gasteiger partial charge in [-0.25, -0.2) is 13.1 Å². The van der Waals surface area contributed by atoms with Gasteiger partial charge in [0.15, 0.2) is 0 Å². The fourth-order valence-corrected chi connectivity index (χ4v) is 3.42. The molecule has 1 rings (SSSR count). The number of benzene rings is 1. The van der Waals surface area contributed by atoms with Crippen LogP contribution in [0.4, 0.5) is 5.69 Å². The maximum absolute atomic E-state index is 12.2. The van der Waals surface area contributed by atoms with Crippen molar-refractivity contribution in [3.05, 3.63) is 23.2 Å². The molecule has 0 aliphatic heterocycles. The van der Waals surface area contributed by atoms with E-state index >= 15 is 0 Å². The van der Waals surface area contributed by atoms with Crippen molar-refractivity contribution in [2.24, 2.45) is 0 Å². The van der Waals surface area contributed by atoms with Gasteiger partial charge in [-0.1, -0.05) is 25.4 Å². The van der Waals surface area contributed by atoms with E-state index in [4.69, 9.17) is 17.3 Å². The number of nitrogens with two attached hydrogens (primary N) is 1.